The first kappa shape index (κ1) is 23.4. The van der Waals surface area contributed by atoms with Crippen molar-refractivity contribution in [3.05, 3.63) is 35.9 Å². The molecular weight excluding hydrogens is 465 g/mol. The van der Waals surface area contributed by atoms with Gasteiger partial charge in [0.15, 0.2) is 5.96 Å². The molecule has 158 valence electrons. The lowest BCUT2D eigenvalue weighted by atomic mass is 9.89. The summed E-state index contributed by atoms with van der Waals surface area (Å²) in [6.45, 7) is 4.63. The van der Waals surface area contributed by atoms with Crippen molar-refractivity contribution >= 4 is 29.9 Å². The molecule has 1 aromatic rings. The lowest BCUT2D eigenvalue weighted by Crippen LogP contribution is -2.43. The van der Waals surface area contributed by atoms with Crippen LogP contribution in [-0.2, 0) is 9.47 Å². The molecule has 5 nitrogen and oxygen atoms in total. The second kappa shape index (κ2) is 12.6. The number of nitrogens with zero attached hydrogens (tertiary/aromatic N) is 2. The van der Waals surface area contributed by atoms with Gasteiger partial charge in [-0.25, -0.2) is 0 Å². The van der Waals surface area contributed by atoms with Crippen LogP contribution < -0.4 is 5.32 Å². The molecule has 2 aliphatic rings. The predicted molar refractivity (Wildman–Crippen MR) is 125 cm³/mol. The molecule has 2 fully saturated rings. The van der Waals surface area contributed by atoms with Crippen LogP contribution in [0.4, 0.5) is 0 Å². The molecular formula is C22H36IN3O2. The topological polar surface area (TPSA) is 46.1 Å². The number of aliphatic imine (C=N–C) groups is 1. The zero-order valence-corrected chi connectivity index (χ0v) is 19.6. The van der Waals surface area contributed by atoms with Crippen molar-refractivity contribution in [1.29, 1.82) is 0 Å². The summed E-state index contributed by atoms with van der Waals surface area (Å²) < 4.78 is 11.6. The number of hydrogen-bond donors (Lipinski definition) is 1. The molecule has 0 radical (unpaired) electrons. The van der Waals surface area contributed by atoms with Crippen molar-refractivity contribution in [2.24, 2.45) is 16.8 Å². The van der Waals surface area contributed by atoms with Crippen molar-refractivity contribution in [3.63, 3.8) is 0 Å². The van der Waals surface area contributed by atoms with Gasteiger partial charge in [0.2, 0.25) is 0 Å². The molecule has 2 heterocycles. The summed E-state index contributed by atoms with van der Waals surface area (Å²) in [6, 6.07) is 10.6. The highest BCUT2D eigenvalue weighted by Gasteiger charge is 2.27. The molecule has 1 aromatic carbocycles. The minimum absolute atomic E-state index is 0. The average molecular weight is 501 g/mol. The van der Waals surface area contributed by atoms with E-state index in [1.807, 2.05) is 7.05 Å². The van der Waals surface area contributed by atoms with Crippen molar-refractivity contribution in [2.75, 3.05) is 47.0 Å². The first-order valence-corrected chi connectivity index (χ1v) is 10.4. The third kappa shape index (κ3) is 6.88. The monoisotopic (exact) mass is 501 g/mol. The van der Waals surface area contributed by atoms with Gasteiger partial charge < -0.3 is 19.7 Å². The Morgan fingerprint density at radius 2 is 1.89 bits per heavy atom. The van der Waals surface area contributed by atoms with E-state index in [0.717, 1.165) is 51.2 Å². The Bertz CT molecular complexity index is 578. The van der Waals surface area contributed by atoms with Gasteiger partial charge in [0.05, 0.1) is 6.10 Å². The summed E-state index contributed by atoms with van der Waals surface area (Å²) in [5.74, 6) is 2.25. The lowest BCUT2D eigenvalue weighted by Gasteiger charge is -2.33. The van der Waals surface area contributed by atoms with E-state index in [0.29, 0.717) is 5.92 Å². The van der Waals surface area contributed by atoms with E-state index in [9.17, 15) is 0 Å². The number of hydrogen-bond acceptors (Lipinski definition) is 3. The molecule has 3 rings (SSSR count). The van der Waals surface area contributed by atoms with E-state index in [1.165, 1.54) is 31.2 Å². The first-order valence-electron chi connectivity index (χ1n) is 10.4. The second-order valence-electron chi connectivity index (χ2n) is 7.80. The molecule has 0 aliphatic carbocycles. The summed E-state index contributed by atoms with van der Waals surface area (Å²) >= 11 is 0. The standard InChI is InChI=1S/C22H35N3O2.HI/c1-23-22(25(2)13-10-18-11-15-26-16-12-18)24-17-20-9-6-14-27-21(20)19-7-4-3-5-8-19;/h3-5,7-8,18,20-21H,6,9-17H2,1-2H3,(H,23,24);1H. The van der Waals surface area contributed by atoms with Gasteiger partial charge in [0.1, 0.15) is 0 Å². The maximum absolute atomic E-state index is 6.12. The number of nitrogens with one attached hydrogen (secondary N) is 1. The summed E-state index contributed by atoms with van der Waals surface area (Å²) in [6.07, 6.45) is 6.09. The predicted octanol–water partition coefficient (Wildman–Crippen LogP) is 4.10. The fourth-order valence-corrected chi connectivity index (χ4v) is 4.19. The summed E-state index contributed by atoms with van der Waals surface area (Å²) in [7, 11) is 4.01. The second-order valence-corrected chi connectivity index (χ2v) is 7.80. The Morgan fingerprint density at radius 1 is 1.14 bits per heavy atom. The van der Waals surface area contributed by atoms with Crippen molar-refractivity contribution in [2.45, 2.75) is 38.2 Å². The van der Waals surface area contributed by atoms with E-state index in [1.54, 1.807) is 0 Å². The Kier molecular flexibility index (Phi) is 10.6. The van der Waals surface area contributed by atoms with E-state index in [4.69, 9.17) is 9.47 Å². The Labute approximate surface area is 187 Å². The maximum atomic E-state index is 6.12. The highest BCUT2D eigenvalue weighted by molar-refractivity contribution is 14.0. The fraction of sp³-hybridized carbons (Fsp3) is 0.682. The van der Waals surface area contributed by atoms with Crippen LogP contribution >= 0.6 is 24.0 Å². The molecule has 1 N–H and O–H groups in total. The van der Waals surface area contributed by atoms with Crippen LogP contribution in [0, 0.1) is 11.8 Å². The average Bonchev–Trinajstić information content (AvgIpc) is 2.74. The van der Waals surface area contributed by atoms with Crippen LogP contribution in [0.1, 0.15) is 43.8 Å². The van der Waals surface area contributed by atoms with Crippen LogP contribution in [0.15, 0.2) is 35.3 Å². The summed E-state index contributed by atoms with van der Waals surface area (Å²) in [5.41, 5.74) is 1.28. The molecule has 0 aromatic heterocycles. The highest BCUT2D eigenvalue weighted by atomic mass is 127. The van der Waals surface area contributed by atoms with Gasteiger partial charge in [-0.2, -0.15) is 0 Å². The molecule has 0 bridgehead atoms. The molecule has 0 amide bonds. The number of rotatable bonds is 6. The third-order valence-electron chi connectivity index (χ3n) is 5.88. The Hall–Kier alpha value is -0.860. The van der Waals surface area contributed by atoms with Gasteiger partial charge in [-0.05, 0) is 43.6 Å². The molecule has 2 unspecified atom stereocenters. The molecule has 2 saturated heterocycles. The summed E-state index contributed by atoms with van der Waals surface area (Å²) in [4.78, 5) is 6.76. The van der Waals surface area contributed by atoms with Gasteiger partial charge in [0, 0.05) is 52.9 Å². The number of guanidine groups is 1. The lowest BCUT2D eigenvalue weighted by molar-refractivity contribution is -0.0266. The fourth-order valence-electron chi connectivity index (χ4n) is 4.19. The molecule has 2 atom stereocenters. The molecule has 0 saturated carbocycles. The van der Waals surface area contributed by atoms with E-state index in [2.05, 4.69) is 52.6 Å². The minimum atomic E-state index is 0. The third-order valence-corrected chi connectivity index (χ3v) is 5.88. The minimum Gasteiger partial charge on any atom is -0.381 e. The van der Waals surface area contributed by atoms with Crippen LogP contribution in [0.3, 0.4) is 0 Å². The van der Waals surface area contributed by atoms with Crippen LogP contribution in [0.5, 0.6) is 0 Å². The molecule has 28 heavy (non-hydrogen) atoms. The van der Waals surface area contributed by atoms with Gasteiger partial charge in [-0.15, -0.1) is 24.0 Å². The van der Waals surface area contributed by atoms with Crippen LogP contribution in [-0.4, -0.2) is 57.9 Å². The quantitative estimate of drug-likeness (QED) is 0.363. The molecule has 0 spiro atoms. The Balaban J connectivity index is 0.00000280. The van der Waals surface area contributed by atoms with Gasteiger partial charge in [-0.3, -0.25) is 4.99 Å². The Morgan fingerprint density at radius 3 is 2.61 bits per heavy atom. The number of benzene rings is 1. The molecule has 2 aliphatic heterocycles. The summed E-state index contributed by atoms with van der Waals surface area (Å²) in [5, 5.41) is 3.60. The van der Waals surface area contributed by atoms with E-state index >= 15 is 0 Å². The number of ether oxygens (including phenoxy) is 2. The van der Waals surface area contributed by atoms with Gasteiger partial charge in [-0.1, -0.05) is 30.3 Å². The smallest absolute Gasteiger partial charge is 0.193 e. The number of halogens is 1. The SMILES string of the molecule is CN=C(NCC1CCCOC1c1ccccc1)N(C)CCC1CCOCC1.I. The van der Waals surface area contributed by atoms with E-state index in [-0.39, 0.29) is 30.1 Å². The highest BCUT2D eigenvalue weighted by Crippen LogP contribution is 2.33. The van der Waals surface area contributed by atoms with Crippen LogP contribution in [0.25, 0.3) is 0 Å². The normalized spacial score (nSPS) is 23.7. The van der Waals surface area contributed by atoms with Crippen molar-refractivity contribution in [3.8, 4) is 0 Å². The van der Waals surface area contributed by atoms with Crippen molar-refractivity contribution in [1.82, 2.24) is 10.2 Å². The zero-order valence-electron chi connectivity index (χ0n) is 17.3. The zero-order chi connectivity index (χ0) is 18.9. The first-order chi connectivity index (χ1) is 13.3. The maximum Gasteiger partial charge on any atom is 0.193 e. The van der Waals surface area contributed by atoms with Gasteiger partial charge >= 0.3 is 0 Å². The van der Waals surface area contributed by atoms with Gasteiger partial charge in [0.25, 0.3) is 0 Å². The largest absolute Gasteiger partial charge is 0.381 e. The van der Waals surface area contributed by atoms with Crippen LogP contribution in [0.2, 0.25) is 0 Å². The van der Waals surface area contributed by atoms with E-state index < -0.39 is 0 Å². The molecule has 6 heteroatoms. The van der Waals surface area contributed by atoms with Crippen molar-refractivity contribution < 1.29 is 9.47 Å².